The smallest absolute Gasteiger partial charge is 0.195 e. The first-order chi connectivity index (χ1) is 15.0. The molecule has 4 nitrogen and oxygen atoms in total. The summed E-state index contributed by atoms with van der Waals surface area (Å²) in [7, 11) is 0. The minimum atomic E-state index is 0.270. The highest BCUT2D eigenvalue weighted by atomic mass is 127. The molecule has 3 aliphatic rings. The van der Waals surface area contributed by atoms with Gasteiger partial charge in [0.05, 0.1) is 0 Å². The minimum absolute atomic E-state index is 0.270. The maximum Gasteiger partial charge on any atom is 0.195 e. The topological polar surface area (TPSA) is 45.2 Å². The molecule has 2 unspecified atom stereocenters. The van der Waals surface area contributed by atoms with Crippen molar-refractivity contribution >= 4 is 43.0 Å². The number of carbonyl (C=O) groups excluding carboxylic acids is 1. The number of halogens is 1. The Hall–Kier alpha value is -1.21. The van der Waals surface area contributed by atoms with E-state index < -0.39 is 0 Å². The number of benzene rings is 1. The first-order valence-electron chi connectivity index (χ1n) is 12.2. The molecule has 2 saturated heterocycles. The Labute approximate surface area is 199 Å². The van der Waals surface area contributed by atoms with Gasteiger partial charge in [-0.3, -0.25) is 9.69 Å². The van der Waals surface area contributed by atoms with Crippen LogP contribution in [-0.2, 0) is 11.3 Å². The van der Waals surface area contributed by atoms with Crippen LogP contribution in [0.4, 0.5) is 5.82 Å². The number of carbonyl (C=O) groups is 1. The first-order valence-corrected chi connectivity index (χ1v) is 13.2. The van der Waals surface area contributed by atoms with E-state index in [9.17, 15) is 4.79 Å². The van der Waals surface area contributed by atoms with Crippen molar-refractivity contribution in [3.63, 3.8) is 0 Å². The molecule has 2 aromatic rings. The second-order valence-corrected chi connectivity index (χ2v) is 11.3. The molecule has 1 aromatic carbocycles. The van der Waals surface area contributed by atoms with Crippen molar-refractivity contribution in [2.24, 2.45) is 11.8 Å². The summed E-state index contributed by atoms with van der Waals surface area (Å²) in [6.07, 6.45) is 13.1. The lowest BCUT2D eigenvalue weighted by Crippen LogP contribution is -2.52. The largest absolute Gasteiger partial charge is 0.367 e. The van der Waals surface area contributed by atoms with E-state index in [1.807, 2.05) is 28.8 Å². The third-order valence-electron chi connectivity index (χ3n) is 7.97. The van der Waals surface area contributed by atoms with Crippen molar-refractivity contribution < 1.29 is 4.79 Å². The van der Waals surface area contributed by atoms with Crippen LogP contribution in [0.3, 0.4) is 0 Å². The number of piperidine rings is 2. The van der Waals surface area contributed by atoms with E-state index in [4.69, 9.17) is 4.98 Å². The number of aromatic nitrogens is 1. The summed E-state index contributed by atoms with van der Waals surface area (Å²) < 4.78 is 0.359. The Kier molecular flexibility index (Phi) is 6.52. The average Bonchev–Trinajstić information content (AvgIpc) is 2.75. The molecule has 5 heteroatoms. The molecule has 1 saturated carbocycles. The molecular weight excluding hydrogens is 497 g/mol. The van der Waals surface area contributed by atoms with Crippen molar-refractivity contribution in [2.45, 2.75) is 89.4 Å². The summed E-state index contributed by atoms with van der Waals surface area (Å²) in [5, 5.41) is 6.15. The molecular formula is C26H34IN3O. The molecule has 166 valence electrons. The van der Waals surface area contributed by atoms with Gasteiger partial charge in [0.25, 0.3) is 0 Å². The fourth-order valence-electron chi connectivity index (χ4n) is 6.11. The molecule has 0 spiro atoms. The molecule has 1 aliphatic carbocycles. The van der Waals surface area contributed by atoms with Crippen molar-refractivity contribution in [2.75, 3.05) is 5.32 Å². The van der Waals surface area contributed by atoms with Crippen LogP contribution >= 0.6 is 22.6 Å². The molecule has 2 atom stereocenters. The van der Waals surface area contributed by atoms with Crippen LogP contribution in [0.15, 0.2) is 30.5 Å². The van der Waals surface area contributed by atoms with Crippen LogP contribution in [0.5, 0.6) is 0 Å². The van der Waals surface area contributed by atoms with Crippen molar-refractivity contribution in [3.8, 4) is 0 Å². The Bertz CT molecular complexity index is 925. The fourth-order valence-corrected chi connectivity index (χ4v) is 6.62. The van der Waals surface area contributed by atoms with Gasteiger partial charge >= 0.3 is 0 Å². The van der Waals surface area contributed by atoms with E-state index in [0.29, 0.717) is 21.9 Å². The van der Waals surface area contributed by atoms with Crippen molar-refractivity contribution in [1.29, 1.82) is 0 Å². The Morgan fingerprint density at radius 2 is 1.81 bits per heavy atom. The van der Waals surface area contributed by atoms with E-state index in [1.54, 1.807) is 0 Å². The van der Waals surface area contributed by atoms with E-state index >= 15 is 0 Å². The van der Waals surface area contributed by atoms with Crippen molar-refractivity contribution in [1.82, 2.24) is 9.88 Å². The molecule has 0 radical (unpaired) electrons. The summed E-state index contributed by atoms with van der Waals surface area (Å²) in [6.45, 7) is 3.36. The van der Waals surface area contributed by atoms with Gasteiger partial charge in [-0.2, -0.15) is 0 Å². The molecule has 3 heterocycles. The number of hydrogen-bond donors (Lipinski definition) is 1. The molecule has 0 amide bonds. The highest BCUT2D eigenvalue weighted by Crippen LogP contribution is 2.39. The summed E-state index contributed by atoms with van der Waals surface area (Å²) >= 11 is 2.01. The zero-order valence-electron chi connectivity index (χ0n) is 18.5. The van der Waals surface area contributed by atoms with Gasteiger partial charge in [0.2, 0.25) is 0 Å². The lowest BCUT2D eigenvalue weighted by molar-refractivity contribution is -0.116. The van der Waals surface area contributed by atoms with Crippen LogP contribution in [-0.4, -0.2) is 31.8 Å². The number of rotatable bonds is 5. The van der Waals surface area contributed by atoms with E-state index in [0.717, 1.165) is 31.1 Å². The zero-order chi connectivity index (χ0) is 21.4. The lowest BCUT2D eigenvalue weighted by atomic mass is 9.78. The van der Waals surface area contributed by atoms with Crippen LogP contribution in [0.25, 0.3) is 10.8 Å². The monoisotopic (exact) mass is 531 g/mol. The maximum absolute atomic E-state index is 12.0. The predicted molar refractivity (Wildman–Crippen MR) is 136 cm³/mol. The maximum atomic E-state index is 12.0. The van der Waals surface area contributed by atoms with Gasteiger partial charge in [-0.25, -0.2) is 4.98 Å². The average molecular weight is 531 g/mol. The lowest BCUT2D eigenvalue weighted by Gasteiger charge is -2.48. The van der Waals surface area contributed by atoms with Crippen LogP contribution in [0, 0.1) is 11.8 Å². The number of hydrogen-bond acceptors (Lipinski definition) is 4. The highest BCUT2D eigenvalue weighted by Gasteiger charge is 2.39. The number of anilines is 1. The number of pyridine rings is 1. The zero-order valence-corrected chi connectivity index (χ0v) is 20.7. The van der Waals surface area contributed by atoms with E-state index in [2.05, 4.69) is 41.4 Å². The molecule has 31 heavy (non-hydrogen) atoms. The Balaban J connectivity index is 1.27. The second kappa shape index (κ2) is 9.34. The van der Waals surface area contributed by atoms with Crippen LogP contribution in [0.1, 0.15) is 70.3 Å². The summed E-state index contributed by atoms with van der Waals surface area (Å²) in [5.74, 6) is 2.15. The molecule has 2 bridgehead atoms. The van der Waals surface area contributed by atoms with E-state index in [1.165, 1.54) is 61.3 Å². The second-order valence-electron chi connectivity index (χ2n) is 10.2. The molecule has 1 aromatic heterocycles. The number of nitrogens with one attached hydrogen (secondary N) is 1. The first kappa shape index (κ1) is 21.6. The summed E-state index contributed by atoms with van der Waals surface area (Å²) in [5.41, 5.74) is 1.37. The van der Waals surface area contributed by atoms with Gasteiger partial charge in [-0.05, 0) is 103 Å². The molecule has 1 N–H and O–H groups in total. The van der Waals surface area contributed by atoms with Gasteiger partial charge in [0.1, 0.15) is 5.82 Å². The SMILES string of the molecule is C[C@H]1CC[C@@H](Nc2cc3ccc(CN4C5CCCC4CC(C(=O)I)C5)cc3cn2)CC1. The molecule has 3 fully saturated rings. The van der Waals surface area contributed by atoms with Gasteiger partial charge in [-0.15, -0.1) is 0 Å². The highest BCUT2D eigenvalue weighted by molar-refractivity contribution is 14.1. The van der Waals surface area contributed by atoms with E-state index in [-0.39, 0.29) is 5.92 Å². The third-order valence-corrected chi connectivity index (χ3v) is 8.85. The quantitative estimate of drug-likeness (QED) is 0.362. The molecule has 2 aliphatic heterocycles. The molecule has 5 rings (SSSR count). The van der Waals surface area contributed by atoms with Crippen LogP contribution < -0.4 is 5.32 Å². The minimum Gasteiger partial charge on any atom is -0.367 e. The van der Waals surface area contributed by atoms with Crippen molar-refractivity contribution in [3.05, 3.63) is 36.0 Å². The van der Waals surface area contributed by atoms with Gasteiger partial charge < -0.3 is 5.32 Å². The summed E-state index contributed by atoms with van der Waals surface area (Å²) in [6, 6.07) is 10.8. The Morgan fingerprint density at radius 1 is 1.06 bits per heavy atom. The predicted octanol–water partition coefficient (Wildman–Crippen LogP) is 6.32. The third kappa shape index (κ3) is 4.92. The van der Waals surface area contributed by atoms with Crippen LogP contribution in [0.2, 0.25) is 0 Å². The number of nitrogens with zero attached hydrogens (tertiary/aromatic N) is 2. The normalized spacial score (nSPS) is 31.5. The van der Waals surface area contributed by atoms with Gasteiger partial charge in [-0.1, -0.05) is 25.5 Å². The fraction of sp³-hybridized carbons (Fsp3) is 0.615. The Morgan fingerprint density at radius 3 is 2.52 bits per heavy atom. The standard InChI is InChI=1S/C26H34IN3O/c1-17-5-9-22(10-6-17)29-25-14-19-8-7-18(11-21(19)15-28-25)16-30-23-3-2-4-24(30)13-20(12-23)26(27)31/h7-8,11,14-15,17,20,22-24H,2-6,9-10,12-13,16H2,1H3,(H,28,29)/t17-,20?,22+,23?,24?. The summed E-state index contributed by atoms with van der Waals surface area (Å²) in [4.78, 5) is 19.4. The van der Waals surface area contributed by atoms with Gasteiger partial charge in [0, 0.05) is 42.2 Å². The number of fused-ring (bicyclic) bond motifs is 3. The van der Waals surface area contributed by atoms with Gasteiger partial charge in [0.15, 0.2) is 3.79 Å².